The van der Waals surface area contributed by atoms with Gasteiger partial charge in [0.1, 0.15) is 0 Å². The van der Waals surface area contributed by atoms with Gasteiger partial charge < -0.3 is 15.5 Å². The van der Waals surface area contributed by atoms with Crippen LogP contribution in [0.4, 0.5) is 0 Å². The molecule has 9 heteroatoms. The molecule has 0 atom stereocenters. The normalized spacial score (nSPS) is 15.3. The van der Waals surface area contributed by atoms with E-state index in [4.69, 9.17) is 0 Å². The fraction of sp³-hybridized carbons (Fsp3) is 0.619. The summed E-state index contributed by atoms with van der Waals surface area (Å²) in [6, 6.07) is 5.27. The highest BCUT2D eigenvalue weighted by atomic mass is 127. The number of sulfone groups is 1. The Hall–Kier alpha value is -1.36. The maximum atomic E-state index is 11.9. The number of nitrogens with zero attached hydrogens (tertiary/aromatic N) is 2. The van der Waals surface area contributed by atoms with Gasteiger partial charge >= 0.3 is 0 Å². The minimum Gasteiger partial charge on any atom is -0.356 e. The highest BCUT2D eigenvalue weighted by molar-refractivity contribution is 14.0. The van der Waals surface area contributed by atoms with Crippen LogP contribution in [0.5, 0.6) is 0 Å². The molecule has 0 heterocycles. The summed E-state index contributed by atoms with van der Waals surface area (Å²) < 4.78 is 23.6. The highest BCUT2D eigenvalue weighted by Crippen LogP contribution is 2.22. The lowest BCUT2D eigenvalue weighted by molar-refractivity contribution is -0.127. The van der Waals surface area contributed by atoms with Gasteiger partial charge in [0.2, 0.25) is 5.91 Å². The molecule has 0 aliphatic heterocycles. The minimum atomic E-state index is -3.23. The first-order chi connectivity index (χ1) is 13.7. The number of likely N-dealkylation sites (N-methyl/N-ethyl adjacent to an activating group) is 1. The van der Waals surface area contributed by atoms with E-state index in [9.17, 15) is 13.2 Å². The topological polar surface area (TPSA) is 90.9 Å². The largest absolute Gasteiger partial charge is 0.356 e. The molecule has 30 heavy (non-hydrogen) atoms. The van der Waals surface area contributed by atoms with Crippen LogP contribution in [0.2, 0.25) is 0 Å². The third-order valence-electron chi connectivity index (χ3n) is 5.25. The van der Waals surface area contributed by atoms with E-state index in [2.05, 4.69) is 15.6 Å². The van der Waals surface area contributed by atoms with Crippen molar-refractivity contribution in [1.82, 2.24) is 15.5 Å². The van der Waals surface area contributed by atoms with E-state index >= 15 is 0 Å². The van der Waals surface area contributed by atoms with Crippen LogP contribution in [0.15, 0.2) is 28.1 Å². The number of carbonyl (C=O) groups excluding carboxylic acids is 1. The zero-order valence-electron chi connectivity index (χ0n) is 18.4. The number of carbonyl (C=O) groups is 1. The SMILES string of the molecule is Cc1cc(CN=C(NCC(=O)N(C)C)NCC2CCCCC2)ccc1S(C)(=O)=O.I. The van der Waals surface area contributed by atoms with Gasteiger partial charge in [-0.25, -0.2) is 13.4 Å². The van der Waals surface area contributed by atoms with Gasteiger partial charge in [-0.05, 0) is 42.9 Å². The Labute approximate surface area is 198 Å². The molecule has 1 amide bonds. The molecule has 1 aromatic rings. The Balaban J connectivity index is 0.00000450. The summed E-state index contributed by atoms with van der Waals surface area (Å²) in [7, 11) is 0.218. The van der Waals surface area contributed by atoms with Gasteiger partial charge in [0, 0.05) is 26.9 Å². The van der Waals surface area contributed by atoms with Crippen molar-refractivity contribution in [2.45, 2.75) is 50.5 Å². The van der Waals surface area contributed by atoms with Gasteiger partial charge in [0.15, 0.2) is 15.8 Å². The average molecular weight is 551 g/mol. The van der Waals surface area contributed by atoms with Crippen LogP contribution in [0.1, 0.15) is 43.2 Å². The Morgan fingerprint density at radius 1 is 1.17 bits per heavy atom. The van der Waals surface area contributed by atoms with Gasteiger partial charge in [0.05, 0.1) is 18.0 Å². The van der Waals surface area contributed by atoms with Crippen molar-refractivity contribution < 1.29 is 13.2 Å². The summed E-state index contributed by atoms with van der Waals surface area (Å²) >= 11 is 0. The second kappa shape index (κ2) is 12.5. The van der Waals surface area contributed by atoms with E-state index in [0.29, 0.717) is 28.9 Å². The second-order valence-corrected chi connectivity index (χ2v) is 10.0. The molecule has 1 saturated carbocycles. The standard InChI is InChI=1S/C21H34N4O3S.HI/c1-16-12-18(10-11-19(16)29(4,27)28)14-23-21(24-15-20(26)25(2)3)22-13-17-8-6-5-7-9-17;/h10-12,17H,5-9,13-15H2,1-4H3,(H2,22,23,24);1H. The van der Waals surface area contributed by atoms with E-state index in [1.54, 1.807) is 38.1 Å². The van der Waals surface area contributed by atoms with Crippen molar-refractivity contribution >= 4 is 45.7 Å². The quantitative estimate of drug-likeness (QED) is 0.310. The molecular weight excluding hydrogens is 515 g/mol. The van der Waals surface area contributed by atoms with Crippen molar-refractivity contribution in [3.05, 3.63) is 29.3 Å². The molecule has 2 N–H and O–H groups in total. The van der Waals surface area contributed by atoms with E-state index < -0.39 is 9.84 Å². The van der Waals surface area contributed by atoms with Crippen LogP contribution < -0.4 is 10.6 Å². The lowest BCUT2D eigenvalue weighted by Gasteiger charge is -2.23. The molecule has 1 aromatic carbocycles. The van der Waals surface area contributed by atoms with Crippen LogP contribution in [0, 0.1) is 12.8 Å². The minimum absolute atomic E-state index is 0. The number of aryl methyl sites for hydroxylation is 1. The third kappa shape index (κ3) is 8.79. The maximum absolute atomic E-state index is 11.9. The summed E-state index contributed by atoms with van der Waals surface area (Å²) in [5.74, 6) is 1.22. The van der Waals surface area contributed by atoms with E-state index in [0.717, 1.165) is 12.1 Å². The molecular formula is C21H35IN4O3S. The highest BCUT2D eigenvalue weighted by Gasteiger charge is 2.15. The first-order valence-electron chi connectivity index (χ1n) is 10.2. The van der Waals surface area contributed by atoms with Crippen LogP contribution in [0.3, 0.4) is 0 Å². The molecule has 0 spiro atoms. The third-order valence-corrected chi connectivity index (χ3v) is 6.50. The lowest BCUT2D eigenvalue weighted by Crippen LogP contribution is -2.44. The van der Waals surface area contributed by atoms with Gasteiger partial charge in [0.25, 0.3) is 0 Å². The summed E-state index contributed by atoms with van der Waals surface area (Å²) in [4.78, 5) is 18.4. The molecule has 0 radical (unpaired) electrons. The molecule has 2 rings (SSSR count). The molecule has 0 aromatic heterocycles. The second-order valence-electron chi connectivity index (χ2n) is 8.06. The molecule has 7 nitrogen and oxygen atoms in total. The lowest BCUT2D eigenvalue weighted by atomic mass is 9.89. The monoisotopic (exact) mass is 550 g/mol. The number of nitrogens with one attached hydrogen (secondary N) is 2. The molecule has 0 unspecified atom stereocenters. The molecule has 0 bridgehead atoms. The fourth-order valence-electron chi connectivity index (χ4n) is 3.52. The van der Waals surface area contributed by atoms with Gasteiger partial charge in [-0.15, -0.1) is 24.0 Å². The Kier molecular flexibility index (Phi) is 11.1. The molecule has 0 saturated heterocycles. The van der Waals surface area contributed by atoms with Crippen LogP contribution in [0.25, 0.3) is 0 Å². The summed E-state index contributed by atoms with van der Waals surface area (Å²) in [6.45, 7) is 3.21. The number of guanidine groups is 1. The van der Waals surface area contributed by atoms with Crippen LogP contribution >= 0.6 is 24.0 Å². The summed E-state index contributed by atoms with van der Waals surface area (Å²) in [6.07, 6.45) is 7.53. The van der Waals surface area contributed by atoms with Crippen molar-refractivity contribution in [2.75, 3.05) is 33.4 Å². The summed E-state index contributed by atoms with van der Waals surface area (Å²) in [5.41, 5.74) is 1.64. The number of benzene rings is 1. The average Bonchev–Trinajstić information content (AvgIpc) is 2.66. The van der Waals surface area contributed by atoms with Gasteiger partial charge in [-0.1, -0.05) is 31.4 Å². The number of aliphatic imine (C=N–C) groups is 1. The van der Waals surface area contributed by atoms with E-state index in [-0.39, 0.29) is 36.4 Å². The fourth-order valence-corrected chi connectivity index (χ4v) is 4.48. The Bertz CT molecular complexity index is 835. The van der Waals surface area contributed by atoms with E-state index in [1.807, 2.05) is 6.07 Å². The van der Waals surface area contributed by atoms with Crippen molar-refractivity contribution in [3.63, 3.8) is 0 Å². The Morgan fingerprint density at radius 2 is 1.83 bits per heavy atom. The number of hydrogen-bond donors (Lipinski definition) is 2. The molecule has 1 fully saturated rings. The van der Waals surface area contributed by atoms with Crippen molar-refractivity contribution in [1.29, 1.82) is 0 Å². The predicted octanol–water partition coefficient (Wildman–Crippen LogP) is 2.72. The van der Waals surface area contributed by atoms with E-state index in [1.165, 1.54) is 38.4 Å². The van der Waals surface area contributed by atoms with Crippen LogP contribution in [-0.2, 0) is 21.2 Å². The number of amides is 1. The first-order valence-corrected chi connectivity index (χ1v) is 12.1. The van der Waals surface area contributed by atoms with Crippen LogP contribution in [-0.4, -0.2) is 58.6 Å². The number of rotatable bonds is 7. The first kappa shape index (κ1) is 26.7. The number of halogens is 1. The maximum Gasteiger partial charge on any atom is 0.241 e. The van der Waals surface area contributed by atoms with Crippen molar-refractivity contribution in [3.8, 4) is 0 Å². The zero-order chi connectivity index (χ0) is 21.4. The molecule has 1 aliphatic rings. The van der Waals surface area contributed by atoms with Gasteiger partial charge in [-0.2, -0.15) is 0 Å². The predicted molar refractivity (Wildman–Crippen MR) is 132 cm³/mol. The molecule has 1 aliphatic carbocycles. The van der Waals surface area contributed by atoms with Crippen molar-refractivity contribution in [2.24, 2.45) is 10.9 Å². The summed E-state index contributed by atoms with van der Waals surface area (Å²) in [5, 5.41) is 6.49. The smallest absolute Gasteiger partial charge is 0.241 e. The molecule has 170 valence electrons. The number of hydrogen-bond acceptors (Lipinski definition) is 4. The van der Waals surface area contributed by atoms with Gasteiger partial charge in [-0.3, -0.25) is 4.79 Å². The Morgan fingerprint density at radius 3 is 2.40 bits per heavy atom. The zero-order valence-corrected chi connectivity index (χ0v) is 21.5.